The minimum absolute atomic E-state index is 0.0332. The van der Waals surface area contributed by atoms with E-state index in [9.17, 15) is 8.42 Å². The van der Waals surface area contributed by atoms with Gasteiger partial charge in [0, 0.05) is 25.2 Å². The maximum absolute atomic E-state index is 12.4. The number of halogens is 2. The lowest BCUT2D eigenvalue weighted by molar-refractivity contribution is 0.168. The number of hydrogen-bond acceptors (Lipinski definition) is 4. The van der Waals surface area contributed by atoms with Gasteiger partial charge in [-0.2, -0.15) is 4.31 Å². The summed E-state index contributed by atoms with van der Waals surface area (Å²) in [5.41, 5.74) is 0. The Labute approximate surface area is 122 Å². The van der Waals surface area contributed by atoms with Crippen LogP contribution >= 0.6 is 23.2 Å². The lowest BCUT2D eigenvalue weighted by Crippen LogP contribution is -2.36. The number of aliphatic hydroxyl groups is 1. The Morgan fingerprint density at radius 2 is 2.00 bits per heavy atom. The minimum atomic E-state index is -3.81. The van der Waals surface area contributed by atoms with E-state index in [0.29, 0.717) is 0 Å². The van der Waals surface area contributed by atoms with Crippen molar-refractivity contribution in [2.45, 2.75) is 4.90 Å². The minimum Gasteiger partial charge on any atom is -0.395 e. The van der Waals surface area contributed by atoms with Crippen molar-refractivity contribution in [2.24, 2.45) is 0 Å². The molecule has 0 aliphatic rings. The van der Waals surface area contributed by atoms with Gasteiger partial charge in [0.25, 0.3) is 0 Å². The van der Waals surface area contributed by atoms with Crippen LogP contribution in [0.15, 0.2) is 23.1 Å². The average molecular weight is 328 g/mol. The predicted molar refractivity (Wildman–Crippen MR) is 74.2 cm³/mol. The van der Waals surface area contributed by atoms with Gasteiger partial charge in [-0.25, -0.2) is 8.42 Å². The molecular weight excluding hydrogens is 313 g/mol. The van der Waals surface area contributed by atoms with Crippen LogP contribution in [-0.4, -0.2) is 51.2 Å². The summed E-state index contributed by atoms with van der Waals surface area (Å²) in [5, 5.41) is 9.33. The van der Waals surface area contributed by atoms with Gasteiger partial charge in [0.1, 0.15) is 4.90 Å². The normalized spacial score (nSPS) is 12.1. The van der Waals surface area contributed by atoms with E-state index >= 15 is 0 Å². The summed E-state index contributed by atoms with van der Waals surface area (Å²) in [6.45, 7) is 0.0231. The Bertz CT molecular complexity index is 521. The summed E-state index contributed by atoms with van der Waals surface area (Å²) in [6.07, 6.45) is 0. The van der Waals surface area contributed by atoms with Crippen molar-refractivity contribution in [3.05, 3.63) is 28.2 Å². The van der Waals surface area contributed by atoms with Crippen molar-refractivity contribution in [1.82, 2.24) is 4.31 Å². The first-order chi connectivity index (χ1) is 8.93. The Balaban J connectivity index is 3.14. The number of benzene rings is 1. The van der Waals surface area contributed by atoms with Gasteiger partial charge in [0.05, 0.1) is 18.2 Å². The highest BCUT2D eigenvalue weighted by molar-refractivity contribution is 7.89. The number of methoxy groups -OCH3 is 1. The fourth-order valence-corrected chi connectivity index (χ4v) is 3.62. The molecule has 0 radical (unpaired) electrons. The molecule has 0 atom stereocenters. The maximum Gasteiger partial charge on any atom is 0.244 e. The Morgan fingerprint density at radius 3 is 2.58 bits per heavy atom. The predicted octanol–water partition coefficient (Wildman–Crippen LogP) is 1.62. The van der Waals surface area contributed by atoms with Gasteiger partial charge in [-0.05, 0) is 18.2 Å². The molecule has 8 heteroatoms. The van der Waals surface area contributed by atoms with Gasteiger partial charge in [0.15, 0.2) is 0 Å². The second kappa shape index (κ2) is 7.42. The molecule has 0 unspecified atom stereocenters. The van der Waals surface area contributed by atoms with Gasteiger partial charge in [-0.1, -0.05) is 23.2 Å². The molecule has 0 aliphatic carbocycles. The van der Waals surface area contributed by atoms with Crippen LogP contribution in [0, 0.1) is 0 Å². The first-order valence-corrected chi connectivity index (χ1v) is 7.68. The first kappa shape index (κ1) is 16.7. The van der Waals surface area contributed by atoms with Crippen molar-refractivity contribution >= 4 is 33.2 Å². The molecule has 19 heavy (non-hydrogen) atoms. The van der Waals surface area contributed by atoms with E-state index in [1.165, 1.54) is 25.3 Å². The number of sulfonamides is 1. The Hall–Kier alpha value is -0.370. The largest absolute Gasteiger partial charge is 0.395 e. The van der Waals surface area contributed by atoms with Crippen molar-refractivity contribution < 1.29 is 18.3 Å². The van der Waals surface area contributed by atoms with Crippen LogP contribution in [0.1, 0.15) is 0 Å². The molecule has 0 aromatic heterocycles. The average Bonchev–Trinajstić information content (AvgIpc) is 2.37. The van der Waals surface area contributed by atoms with Crippen LogP contribution in [0.4, 0.5) is 0 Å². The van der Waals surface area contributed by atoms with Gasteiger partial charge in [0.2, 0.25) is 10.0 Å². The monoisotopic (exact) mass is 327 g/mol. The van der Waals surface area contributed by atoms with Crippen LogP contribution in [0.3, 0.4) is 0 Å². The third-order valence-electron chi connectivity index (χ3n) is 2.41. The van der Waals surface area contributed by atoms with Crippen LogP contribution in [0.25, 0.3) is 0 Å². The highest BCUT2D eigenvalue weighted by Crippen LogP contribution is 2.27. The fraction of sp³-hybridized carbons (Fsp3) is 0.455. The molecule has 1 N–H and O–H groups in total. The second-order valence-electron chi connectivity index (χ2n) is 3.70. The number of ether oxygens (including phenoxy) is 1. The zero-order valence-electron chi connectivity index (χ0n) is 10.3. The summed E-state index contributed by atoms with van der Waals surface area (Å²) in [6, 6.07) is 4.22. The molecule has 0 fully saturated rings. The summed E-state index contributed by atoms with van der Waals surface area (Å²) in [7, 11) is -2.34. The standard InChI is InChI=1S/C11H15Cl2NO4S/c1-18-7-5-14(4-6-15)19(16,17)11-8-9(12)2-3-10(11)13/h2-3,8,15H,4-7H2,1H3. The SMILES string of the molecule is COCCN(CCO)S(=O)(=O)c1cc(Cl)ccc1Cl. The lowest BCUT2D eigenvalue weighted by atomic mass is 10.4. The second-order valence-corrected chi connectivity index (χ2v) is 6.45. The lowest BCUT2D eigenvalue weighted by Gasteiger charge is -2.21. The van der Waals surface area contributed by atoms with E-state index < -0.39 is 10.0 Å². The van der Waals surface area contributed by atoms with Crippen molar-refractivity contribution in [1.29, 1.82) is 0 Å². The van der Waals surface area contributed by atoms with E-state index in [1.807, 2.05) is 0 Å². The molecule has 0 saturated heterocycles. The van der Waals surface area contributed by atoms with Crippen molar-refractivity contribution in [2.75, 3.05) is 33.4 Å². The number of nitrogens with zero attached hydrogens (tertiary/aromatic N) is 1. The summed E-state index contributed by atoms with van der Waals surface area (Å²) >= 11 is 11.7. The zero-order valence-corrected chi connectivity index (χ0v) is 12.7. The molecule has 0 spiro atoms. The van der Waals surface area contributed by atoms with Gasteiger partial charge < -0.3 is 9.84 Å². The molecule has 108 valence electrons. The Morgan fingerprint density at radius 1 is 1.32 bits per heavy atom. The van der Waals surface area contributed by atoms with Crippen LogP contribution in [-0.2, 0) is 14.8 Å². The maximum atomic E-state index is 12.4. The molecule has 0 heterocycles. The third-order valence-corrected chi connectivity index (χ3v) is 5.02. The van der Waals surface area contributed by atoms with Gasteiger partial charge in [-0.3, -0.25) is 0 Å². The van der Waals surface area contributed by atoms with E-state index in [0.717, 1.165) is 4.31 Å². The number of rotatable bonds is 7. The van der Waals surface area contributed by atoms with Crippen molar-refractivity contribution in [3.8, 4) is 0 Å². The summed E-state index contributed by atoms with van der Waals surface area (Å²) in [5.74, 6) is 0. The first-order valence-electron chi connectivity index (χ1n) is 5.48. The fourth-order valence-electron chi connectivity index (χ4n) is 1.47. The van der Waals surface area contributed by atoms with Crippen molar-refractivity contribution in [3.63, 3.8) is 0 Å². The molecule has 5 nitrogen and oxygen atoms in total. The smallest absolute Gasteiger partial charge is 0.244 e. The summed E-state index contributed by atoms with van der Waals surface area (Å²) in [4.78, 5) is -0.0776. The molecule has 1 rings (SSSR count). The van der Waals surface area contributed by atoms with Gasteiger partial charge in [-0.15, -0.1) is 0 Å². The molecule has 0 aliphatic heterocycles. The quantitative estimate of drug-likeness (QED) is 0.826. The topological polar surface area (TPSA) is 66.8 Å². The number of aliphatic hydroxyl groups excluding tert-OH is 1. The zero-order chi connectivity index (χ0) is 14.5. The van der Waals surface area contributed by atoms with Gasteiger partial charge >= 0.3 is 0 Å². The molecule has 1 aromatic rings. The highest BCUT2D eigenvalue weighted by atomic mass is 35.5. The molecule has 0 amide bonds. The number of hydrogen-bond donors (Lipinski definition) is 1. The van der Waals surface area contributed by atoms with E-state index in [4.69, 9.17) is 33.0 Å². The van der Waals surface area contributed by atoms with E-state index in [-0.39, 0.29) is 41.2 Å². The van der Waals surface area contributed by atoms with Crippen LogP contribution < -0.4 is 0 Å². The van der Waals surface area contributed by atoms with Crippen LogP contribution in [0.2, 0.25) is 10.0 Å². The third kappa shape index (κ3) is 4.30. The molecule has 1 aromatic carbocycles. The molecule has 0 bridgehead atoms. The highest BCUT2D eigenvalue weighted by Gasteiger charge is 2.26. The van der Waals surface area contributed by atoms with Crippen LogP contribution in [0.5, 0.6) is 0 Å². The summed E-state index contributed by atoms with van der Waals surface area (Å²) < 4.78 is 30.8. The van der Waals surface area contributed by atoms with E-state index in [2.05, 4.69) is 0 Å². The Kier molecular flexibility index (Phi) is 6.52. The molecular formula is C11H15Cl2NO4S. The van der Waals surface area contributed by atoms with E-state index in [1.54, 1.807) is 0 Å². The molecule has 0 saturated carbocycles.